The molecule has 2 aliphatic rings. The molecule has 6 heteroatoms. The predicted octanol–water partition coefficient (Wildman–Crippen LogP) is 3.66. The van der Waals surface area contributed by atoms with E-state index < -0.39 is 0 Å². The van der Waals surface area contributed by atoms with E-state index in [0.29, 0.717) is 0 Å². The van der Waals surface area contributed by atoms with Gasteiger partial charge >= 0.3 is 0 Å². The SMILES string of the molecule is CC1CCN(c2ccc(-c3ccc(NC(=O)C4CCCN(C)C4)cc3)nn2)CC1. The molecular formula is C23H31N5O. The van der Waals surface area contributed by atoms with E-state index in [-0.39, 0.29) is 11.8 Å². The Morgan fingerprint density at radius 1 is 1.00 bits per heavy atom. The Labute approximate surface area is 173 Å². The van der Waals surface area contributed by atoms with E-state index in [4.69, 9.17) is 0 Å². The Balaban J connectivity index is 1.37. The summed E-state index contributed by atoms with van der Waals surface area (Å²) in [5, 5.41) is 11.9. The van der Waals surface area contributed by atoms with Gasteiger partial charge in [-0.25, -0.2) is 0 Å². The summed E-state index contributed by atoms with van der Waals surface area (Å²) in [7, 11) is 2.08. The molecule has 2 saturated heterocycles. The monoisotopic (exact) mass is 393 g/mol. The van der Waals surface area contributed by atoms with Crippen molar-refractivity contribution in [2.75, 3.05) is 43.4 Å². The summed E-state index contributed by atoms with van der Waals surface area (Å²) in [5.41, 5.74) is 2.69. The second-order valence-corrected chi connectivity index (χ2v) is 8.61. The molecule has 3 heterocycles. The first kappa shape index (κ1) is 19.8. The van der Waals surface area contributed by atoms with Crippen LogP contribution in [-0.2, 0) is 4.79 Å². The van der Waals surface area contributed by atoms with Crippen LogP contribution >= 0.6 is 0 Å². The number of hydrogen-bond acceptors (Lipinski definition) is 5. The van der Waals surface area contributed by atoms with Crippen molar-refractivity contribution in [2.24, 2.45) is 11.8 Å². The minimum atomic E-state index is 0.0737. The van der Waals surface area contributed by atoms with Crippen molar-refractivity contribution in [3.63, 3.8) is 0 Å². The van der Waals surface area contributed by atoms with Crippen LogP contribution in [0.4, 0.5) is 11.5 Å². The summed E-state index contributed by atoms with van der Waals surface area (Å²) in [6.45, 7) is 6.34. The van der Waals surface area contributed by atoms with Crippen LogP contribution in [0, 0.1) is 11.8 Å². The number of anilines is 2. The molecule has 0 bridgehead atoms. The second kappa shape index (κ2) is 8.91. The lowest BCUT2D eigenvalue weighted by Gasteiger charge is -2.30. The van der Waals surface area contributed by atoms with Gasteiger partial charge in [0, 0.05) is 30.9 Å². The molecule has 1 atom stereocenters. The zero-order valence-corrected chi connectivity index (χ0v) is 17.5. The summed E-state index contributed by atoms with van der Waals surface area (Å²) in [6.07, 6.45) is 4.48. The van der Waals surface area contributed by atoms with Crippen LogP contribution in [0.5, 0.6) is 0 Å². The molecule has 6 nitrogen and oxygen atoms in total. The molecular weight excluding hydrogens is 362 g/mol. The Hall–Kier alpha value is -2.47. The molecule has 154 valence electrons. The number of rotatable bonds is 4. The van der Waals surface area contributed by atoms with Crippen LogP contribution in [0.2, 0.25) is 0 Å². The highest BCUT2D eigenvalue weighted by Gasteiger charge is 2.24. The maximum Gasteiger partial charge on any atom is 0.228 e. The second-order valence-electron chi connectivity index (χ2n) is 8.61. The van der Waals surface area contributed by atoms with E-state index >= 15 is 0 Å². The number of amides is 1. The molecule has 4 rings (SSSR count). The highest BCUT2D eigenvalue weighted by atomic mass is 16.1. The van der Waals surface area contributed by atoms with Gasteiger partial charge in [-0.2, -0.15) is 0 Å². The van der Waals surface area contributed by atoms with E-state index in [1.807, 2.05) is 30.3 Å². The Morgan fingerprint density at radius 2 is 1.76 bits per heavy atom. The fourth-order valence-electron chi connectivity index (χ4n) is 4.23. The Kier molecular flexibility index (Phi) is 6.09. The first-order valence-electron chi connectivity index (χ1n) is 10.8. The zero-order chi connectivity index (χ0) is 20.2. The average molecular weight is 394 g/mol. The van der Waals surface area contributed by atoms with Crippen LogP contribution < -0.4 is 10.2 Å². The van der Waals surface area contributed by atoms with Crippen LogP contribution in [-0.4, -0.2) is 54.2 Å². The third-order valence-corrected chi connectivity index (χ3v) is 6.20. The fourth-order valence-corrected chi connectivity index (χ4v) is 4.23. The lowest BCUT2D eigenvalue weighted by molar-refractivity contribution is -0.121. The summed E-state index contributed by atoms with van der Waals surface area (Å²) >= 11 is 0. The summed E-state index contributed by atoms with van der Waals surface area (Å²) in [6, 6.07) is 12.0. The summed E-state index contributed by atoms with van der Waals surface area (Å²) < 4.78 is 0. The molecule has 1 aromatic heterocycles. The molecule has 2 aliphatic heterocycles. The number of hydrogen-bond donors (Lipinski definition) is 1. The van der Waals surface area contributed by atoms with Crippen LogP contribution in [0.1, 0.15) is 32.6 Å². The number of nitrogens with zero attached hydrogens (tertiary/aromatic N) is 4. The first-order valence-corrected chi connectivity index (χ1v) is 10.8. The minimum absolute atomic E-state index is 0.0737. The molecule has 1 N–H and O–H groups in total. The highest BCUT2D eigenvalue weighted by molar-refractivity contribution is 5.93. The molecule has 0 spiro atoms. The molecule has 1 aromatic carbocycles. The van der Waals surface area contributed by atoms with Gasteiger partial charge in [0.25, 0.3) is 0 Å². The van der Waals surface area contributed by atoms with E-state index in [1.54, 1.807) is 0 Å². The lowest BCUT2D eigenvalue weighted by Crippen LogP contribution is -2.38. The number of carbonyl (C=O) groups is 1. The van der Waals surface area contributed by atoms with Crippen molar-refractivity contribution < 1.29 is 4.79 Å². The molecule has 0 saturated carbocycles. The van der Waals surface area contributed by atoms with Crippen molar-refractivity contribution in [3.05, 3.63) is 36.4 Å². The predicted molar refractivity (Wildman–Crippen MR) is 117 cm³/mol. The Bertz CT molecular complexity index is 812. The van der Waals surface area contributed by atoms with Gasteiger partial charge in [-0.1, -0.05) is 19.1 Å². The smallest absolute Gasteiger partial charge is 0.228 e. The topological polar surface area (TPSA) is 61.4 Å². The number of benzene rings is 1. The summed E-state index contributed by atoms with van der Waals surface area (Å²) in [4.78, 5) is 17.1. The van der Waals surface area contributed by atoms with E-state index in [9.17, 15) is 4.79 Å². The van der Waals surface area contributed by atoms with E-state index in [2.05, 4.69) is 45.4 Å². The molecule has 2 fully saturated rings. The average Bonchev–Trinajstić information content (AvgIpc) is 2.75. The maximum atomic E-state index is 12.5. The molecule has 0 aliphatic carbocycles. The molecule has 0 radical (unpaired) electrons. The van der Waals surface area contributed by atoms with Gasteiger partial charge in [-0.05, 0) is 69.5 Å². The largest absolute Gasteiger partial charge is 0.355 e. The van der Waals surface area contributed by atoms with Gasteiger partial charge < -0.3 is 15.1 Å². The number of carbonyl (C=O) groups excluding carboxylic acids is 1. The maximum absolute atomic E-state index is 12.5. The van der Waals surface area contributed by atoms with Crippen LogP contribution in [0.15, 0.2) is 36.4 Å². The quantitative estimate of drug-likeness (QED) is 0.859. The van der Waals surface area contributed by atoms with Crippen molar-refractivity contribution in [3.8, 4) is 11.3 Å². The van der Waals surface area contributed by atoms with Crippen molar-refractivity contribution in [2.45, 2.75) is 32.6 Å². The fraction of sp³-hybridized carbons (Fsp3) is 0.522. The van der Waals surface area contributed by atoms with Gasteiger partial charge in [-0.15, -0.1) is 10.2 Å². The van der Waals surface area contributed by atoms with Gasteiger partial charge in [0.05, 0.1) is 11.6 Å². The van der Waals surface area contributed by atoms with Crippen molar-refractivity contribution in [1.29, 1.82) is 0 Å². The lowest BCUT2D eigenvalue weighted by atomic mass is 9.97. The van der Waals surface area contributed by atoms with Gasteiger partial charge in [0.2, 0.25) is 5.91 Å². The highest BCUT2D eigenvalue weighted by Crippen LogP contribution is 2.24. The molecule has 1 amide bonds. The molecule has 1 unspecified atom stereocenters. The third-order valence-electron chi connectivity index (χ3n) is 6.20. The number of nitrogens with one attached hydrogen (secondary N) is 1. The molecule has 2 aromatic rings. The third kappa shape index (κ3) is 4.93. The van der Waals surface area contributed by atoms with Crippen LogP contribution in [0.25, 0.3) is 11.3 Å². The van der Waals surface area contributed by atoms with Crippen molar-refractivity contribution >= 4 is 17.4 Å². The first-order chi connectivity index (χ1) is 14.1. The van der Waals surface area contributed by atoms with E-state index in [1.165, 1.54) is 12.8 Å². The number of piperidine rings is 2. The normalized spacial score (nSPS) is 21.2. The number of likely N-dealkylation sites (tertiary alicyclic amines) is 1. The van der Waals surface area contributed by atoms with Crippen molar-refractivity contribution in [1.82, 2.24) is 15.1 Å². The van der Waals surface area contributed by atoms with Gasteiger partial charge in [0.15, 0.2) is 5.82 Å². The Morgan fingerprint density at radius 3 is 2.41 bits per heavy atom. The van der Waals surface area contributed by atoms with Gasteiger partial charge in [-0.3, -0.25) is 4.79 Å². The summed E-state index contributed by atoms with van der Waals surface area (Å²) in [5.74, 6) is 1.95. The van der Waals surface area contributed by atoms with Crippen LogP contribution in [0.3, 0.4) is 0 Å². The zero-order valence-electron chi connectivity index (χ0n) is 17.5. The molecule has 29 heavy (non-hydrogen) atoms. The van der Waals surface area contributed by atoms with E-state index in [0.717, 1.165) is 67.7 Å². The van der Waals surface area contributed by atoms with Gasteiger partial charge in [0.1, 0.15) is 0 Å². The standard InChI is InChI=1S/C23H31N5O/c1-17-11-14-28(15-12-17)22-10-9-21(25-26-22)18-5-7-20(8-6-18)24-23(29)19-4-3-13-27(2)16-19/h5-10,17,19H,3-4,11-16H2,1-2H3,(H,24,29). The number of aromatic nitrogens is 2. The minimum Gasteiger partial charge on any atom is -0.355 e.